The maximum atomic E-state index is 11.9. The van der Waals surface area contributed by atoms with Crippen molar-refractivity contribution in [3.05, 3.63) is 51.2 Å². The Labute approximate surface area is 158 Å². The van der Waals surface area contributed by atoms with E-state index in [0.29, 0.717) is 23.8 Å². The van der Waals surface area contributed by atoms with Gasteiger partial charge in [0.05, 0.1) is 20.8 Å². The van der Waals surface area contributed by atoms with Crippen LogP contribution >= 0.6 is 11.3 Å². The lowest BCUT2D eigenvalue weighted by molar-refractivity contribution is 0.0597. The van der Waals surface area contributed by atoms with Crippen LogP contribution in [-0.4, -0.2) is 33.2 Å². The second-order valence-electron chi connectivity index (χ2n) is 5.53. The van der Waals surface area contributed by atoms with Gasteiger partial charge in [-0.1, -0.05) is 13.0 Å². The number of rotatable bonds is 7. The van der Waals surface area contributed by atoms with Crippen LogP contribution < -0.4 is 15.4 Å². The van der Waals surface area contributed by atoms with Crippen LogP contribution in [0.15, 0.2) is 35.3 Å². The molecule has 2 N–H and O–H groups in total. The van der Waals surface area contributed by atoms with E-state index in [-0.39, 0.29) is 0 Å². The van der Waals surface area contributed by atoms with Crippen molar-refractivity contribution in [1.29, 1.82) is 0 Å². The summed E-state index contributed by atoms with van der Waals surface area (Å²) in [5.41, 5.74) is 1.33. The number of hydrogen-bond donors (Lipinski definition) is 2. The Morgan fingerprint density at radius 1 is 1.12 bits per heavy atom. The third kappa shape index (κ3) is 5.23. The molecule has 0 fully saturated rings. The van der Waals surface area contributed by atoms with Crippen molar-refractivity contribution in [2.75, 3.05) is 21.3 Å². The van der Waals surface area contributed by atoms with Crippen LogP contribution in [0.1, 0.15) is 32.6 Å². The molecule has 0 unspecified atom stereocenters. The molecule has 7 heteroatoms. The summed E-state index contributed by atoms with van der Waals surface area (Å²) in [5, 5.41) is 6.55. The molecular weight excluding hydrogens is 350 g/mol. The number of thiophene rings is 1. The number of guanidine groups is 1. The quantitative estimate of drug-likeness (QED) is 0.442. The highest BCUT2D eigenvalue weighted by Gasteiger charge is 2.13. The van der Waals surface area contributed by atoms with Gasteiger partial charge in [-0.2, -0.15) is 0 Å². The van der Waals surface area contributed by atoms with E-state index in [1.165, 1.54) is 24.0 Å². The first-order valence-corrected chi connectivity index (χ1v) is 9.20. The molecule has 6 nitrogen and oxygen atoms in total. The number of benzene rings is 1. The second kappa shape index (κ2) is 9.82. The van der Waals surface area contributed by atoms with E-state index in [0.717, 1.165) is 18.5 Å². The molecule has 0 atom stereocenters. The van der Waals surface area contributed by atoms with E-state index in [1.54, 1.807) is 30.5 Å². The maximum absolute atomic E-state index is 11.9. The standard InChI is InChI=1S/C19H25N3O3S/c1-5-14-7-8-15(26-14)12-22-19(20-2)21-11-13-6-9-17(24-3)16(10-13)18(23)25-4/h6-10H,5,11-12H2,1-4H3,(H2,20,21,22). The fraction of sp³-hybridized carbons (Fsp3) is 0.368. The molecule has 0 saturated heterocycles. The van der Waals surface area contributed by atoms with Crippen molar-refractivity contribution in [3.63, 3.8) is 0 Å². The molecule has 26 heavy (non-hydrogen) atoms. The summed E-state index contributed by atoms with van der Waals surface area (Å²) < 4.78 is 10.0. The Morgan fingerprint density at radius 2 is 1.85 bits per heavy atom. The number of nitrogens with one attached hydrogen (secondary N) is 2. The summed E-state index contributed by atoms with van der Waals surface area (Å²) in [6.07, 6.45) is 1.05. The predicted octanol–water partition coefficient (Wildman–Crippen LogP) is 2.97. The van der Waals surface area contributed by atoms with Crippen LogP contribution in [0.25, 0.3) is 0 Å². The molecule has 1 heterocycles. The van der Waals surface area contributed by atoms with Crippen LogP contribution in [0.4, 0.5) is 0 Å². The van der Waals surface area contributed by atoms with Crippen molar-refractivity contribution >= 4 is 23.3 Å². The normalized spacial score (nSPS) is 11.2. The highest BCUT2D eigenvalue weighted by atomic mass is 32.1. The molecule has 2 rings (SSSR count). The summed E-state index contributed by atoms with van der Waals surface area (Å²) in [5.74, 6) is 0.773. The van der Waals surface area contributed by atoms with E-state index in [2.05, 4.69) is 34.7 Å². The summed E-state index contributed by atoms with van der Waals surface area (Å²) in [6.45, 7) is 3.40. The van der Waals surface area contributed by atoms with E-state index in [1.807, 2.05) is 6.07 Å². The Morgan fingerprint density at radius 3 is 2.46 bits per heavy atom. The fourth-order valence-corrected chi connectivity index (χ4v) is 3.32. The minimum Gasteiger partial charge on any atom is -0.496 e. The van der Waals surface area contributed by atoms with Crippen molar-refractivity contribution in [2.45, 2.75) is 26.4 Å². The average molecular weight is 375 g/mol. The number of carbonyl (C=O) groups excluding carboxylic acids is 1. The van der Waals surface area contributed by atoms with Gasteiger partial charge in [0.25, 0.3) is 0 Å². The maximum Gasteiger partial charge on any atom is 0.341 e. The van der Waals surface area contributed by atoms with Crippen molar-refractivity contribution in [2.24, 2.45) is 4.99 Å². The van der Waals surface area contributed by atoms with Gasteiger partial charge in [-0.15, -0.1) is 11.3 Å². The van der Waals surface area contributed by atoms with Crippen LogP contribution in [0.2, 0.25) is 0 Å². The molecule has 0 amide bonds. The zero-order valence-corrected chi connectivity index (χ0v) is 16.4. The number of esters is 1. The third-order valence-electron chi connectivity index (χ3n) is 3.85. The van der Waals surface area contributed by atoms with Gasteiger partial charge in [-0.05, 0) is 36.2 Å². The van der Waals surface area contributed by atoms with Gasteiger partial charge >= 0.3 is 5.97 Å². The molecular formula is C19H25N3O3S. The zero-order valence-electron chi connectivity index (χ0n) is 15.6. The first-order chi connectivity index (χ1) is 12.6. The number of ether oxygens (including phenoxy) is 2. The number of carbonyl (C=O) groups is 1. The van der Waals surface area contributed by atoms with Gasteiger partial charge in [-0.25, -0.2) is 4.79 Å². The molecule has 1 aromatic heterocycles. The second-order valence-corrected chi connectivity index (χ2v) is 6.78. The van der Waals surface area contributed by atoms with E-state index >= 15 is 0 Å². The summed E-state index contributed by atoms with van der Waals surface area (Å²) in [4.78, 5) is 18.7. The number of hydrogen-bond acceptors (Lipinski definition) is 5. The zero-order chi connectivity index (χ0) is 18.9. The van der Waals surface area contributed by atoms with Gasteiger partial charge in [0, 0.05) is 23.3 Å². The molecule has 2 aromatic rings. The first-order valence-electron chi connectivity index (χ1n) is 8.38. The molecule has 0 saturated carbocycles. The molecule has 0 aliphatic carbocycles. The van der Waals surface area contributed by atoms with Gasteiger partial charge in [0.2, 0.25) is 0 Å². The average Bonchev–Trinajstić information content (AvgIpc) is 3.15. The minimum absolute atomic E-state index is 0.405. The Hall–Kier alpha value is -2.54. The van der Waals surface area contributed by atoms with Gasteiger partial charge in [0.15, 0.2) is 5.96 Å². The highest BCUT2D eigenvalue weighted by Crippen LogP contribution is 2.21. The smallest absolute Gasteiger partial charge is 0.341 e. The Kier molecular flexibility index (Phi) is 7.47. The SMILES string of the molecule is CCc1ccc(CNC(=NC)NCc2ccc(OC)c(C(=O)OC)c2)s1. The molecule has 0 bridgehead atoms. The van der Waals surface area contributed by atoms with Crippen molar-refractivity contribution in [3.8, 4) is 5.75 Å². The molecule has 0 radical (unpaired) electrons. The Bertz CT molecular complexity index is 771. The van der Waals surface area contributed by atoms with E-state index in [9.17, 15) is 4.79 Å². The summed E-state index contributed by atoms with van der Waals surface area (Å²) in [7, 11) is 4.61. The number of methoxy groups -OCH3 is 2. The first kappa shape index (κ1) is 19.8. The van der Waals surface area contributed by atoms with Crippen LogP contribution in [0.5, 0.6) is 5.75 Å². The molecule has 0 aliphatic heterocycles. The van der Waals surface area contributed by atoms with Gasteiger partial charge < -0.3 is 20.1 Å². The minimum atomic E-state index is -0.421. The lowest BCUT2D eigenvalue weighted by Gasteiger charge is -2.13. The largest absolute Gasteiger partial charge is 0.496 e. The summed E-state index contributed by atoms with van der Waals surface area (Å²) >= 11 is 1.80. The molecule has 0 spiro atoms. The lowest BCUT2D eigenvalue weighted by atomic mass is 10.1. The number of nitrogens with zero attached hydrogens (tertiary/aromatic N) is 1. The monoisotopic (exact) mass is 375 g/mol. The van der Waals surface area contributed by atoms with E-state index in [4.69, 9.17) is 9.47 Å². The predicted molar refractivity (Wildman–Crippen MR) is 105 cm³/mol. The van der Waals surface area contributed by atoms with Crippen molar-refractivity contribution < 1.29 is 14.3 Å². The molecule has 0 aliphatic rings. The van der Waals surface area contributed by atoms with Gasteiger partial charge in [-0.3, -0.25) is 4.99 Å². The fourth-order valence-electron chi connectivity index (χ4n) is 2.42. The molecule has 1 aromatic carbocycles. The Balaban J connectivity index is 1.96. The van der Waals surface area contributed by atoms with E-state index < -0.39 is 5.97 Å². The highest BCUT2D eigenvalue weighted by molar-refractivity contribution is 7.11. The number of aliphatic imine (C=N–C) groups is 1. The van der Waals surface area contributed by atoms with Crippen LogP contribution in [0, 0.1) is 0 Å². The molecule has 140 valence electrons. The number of aryl methyl sites for hydroxylation is 1. The third-order valence-corrected chi connectivity index (χ3v) is 5.08. The topological polar surface area (TPSA) is 72.0 Å². The van der Waals surface area contributed by atoms with Gasteiger partial charge in [0.1, 0.15) is 11.3 Å². The van der Waals surface area contributed by atoms with Crippen molar-refractivity contribution in [1.82, 2.24) is 10.6 Å². The summed E-state index contributed by atoms with van der Waals surface area (Å²) in [6, 6.07) is 9.72. The van der Waals surface area contributed by atoms with Crippen LogP contribution in [-0.2, 0) is 24.2 Å². The van der Waals surface area contributed by atoms with Crippen LogP contribution in [0.3, 0.4) is 0 Å². The lowest BCUT2D eigenvalue weighted by Crippen LogP contribution is -2.36.